The molecule has 0 aromatic heterocycles. The lowest BCUT2D eigenvalue weighted by molar-refractivity contribution is 0.590. The standard InChI is InChI=1S/C61H48B2N2/c1-38(2)39-22-24-40(25-23-39)42-28-32-51-49(34-42)47-18-12-20-55-59(47)62(51)53-36-58-54(37-57(53)64(55)45-14-8-6-9-15-45)63-52-33-29-43(41-26-30-44(31-27-41)61(3,4)5)35-50(52)48-19-13-21-56(60(48)63)65(58)46-16-10-7-11-17-46/h6-38H,1-5H3. The predicted molar refractivity (Wildman–Crippen MR) is 280 cm³/mol. The Balaban J connectivity index is 1.04. The molecule has 9 aromatic carbocycles. The summed E-state index contributed by atoms with van der Waals surface area (Å²) in [6, 6.07) is 74.0. The van der Waals surface area contributed by atoms with Gasteiger partial charge in [-0.2, -0.15) is 0 Å². The second kappa shape index (κ2) is 14.1. The first kappa shape index (κ1) is 38.2. The Morgan fingerprint density at radius 1 is 0.369 bits per heavy atom. The molecular formula is C61H48B2N2. The van der Waals surface area contributed by atoms with Crippen molar-refractivity contribution in [3.05, 3.63) is 205 Å². The third-order valence-corrected chi connectivity index (χ3v) is 14.8. The zero-order valence-electron chi connectivity index (χ0n) is 37.6. The fraction of sp³-hybridized carbons (Fsp3) is 0.115. The van der Waals surface area contributed by atoms with Gasteiger partial charge in [-0.25, -0.2) is 0 Å². The Morgan fingerprint density at radius 2 is 0.800 bits per heavy atom. The number of para-hydroxylation sites is 2. The molecule has 0 unspecified atom stereocenters. The lowest BCUT2D eigenvalue weighted by Gasteiger charge is -2.41. The van der Waals surface area contributed by atoms with E-state index >= 15 is 0 Å². The Hall–Kier alpha value is -7.29. The molecule has 2 nitrogen and oxygen atoms in total. The topological polar surface area (TPSA) is 6.48 Å². The van der Waals surface area contributed by atoms with Crippen molar-refractivity contribution >= 4 is 80.3 Å². The Bertz CT molecular complexity index is 3380. The SMILES string of the molecule is CC(C)c1ccc(-c2ccc3c(c2)-c2cccc4c2B3c2cc3c(cc2N4c2ccccc2)B2c4ccc(-c5ccc(C(C)(C)C)cc5)cc4-c4cccc(c42)N3c2ccccc2)cc1. The molecule has 4 heterocycles. The summed E-state index contributed by atoms with van der Waals surface area (Å²) in [5, 5.41) is 0. The van der Waals surface area contributed by atoms with Gasteiger partial charge >= 0.3 is 0 Å². The normalized spacial score (nSPS) is 13.6. The summed E-state index contributed by atoms with van der Waals surface area (Å²) < 4.78 is 0. The van der Waals surface area contributed by atoms with Gasteiger partial charge in [-0.1, -0.05) is 179 Å². The smallest absolute Gasteiger partial charge is 0.248 e. The van der Waals surface area contributed by atoms with E-state index in [1.165, 1.54) is 123 Å². The van der Waals surface area contributed by atoms with Crippen LogP contribution < -0.4 is 42.6 Å². The Morgan fingerprint density at radius 3 is 1.23 bits per heavy atom. The molecule has 0 saturated heterocycles. The third-order valence-electron chi connectivity index (χ3n) is 14.8. The van der Waals surface area contributed by atoms with Crippen LogP contribution in [-0.4, -0.2) is 13.4 Å². The number of anilines is 6. The van der Waals surface area contributed by atoms with Crippen LogP contribution in [0.1, 0.15) is 51.7 Å². The molecule has 0 N–H and O–H groups in total. The molecule has 0 saturated carbocycles. The van der Waals surface area contributed by atoms with E-state index in [-0.39, 0.29) is 18.8 Å². The van der Waals surface area contributed by atoms with Crippen LogP contribution in [0.3, 0.4) is 0 Å². The van der Waals surface area contributed by atoms with E-state index in [9.17, 15) is 0 Å². The van der Waals surface area contributed by atoms with Crippen LogP contribution >= 0.6 is 0 Å². The summed E-state index contributed by atoms with van der Waals surface area (Å²) in [6.45, 7) is 11.5. The monoisotopic (exact) mass is 830 g/mol. The summed E-state index contributed by atoms with van der Waals surface area (Å²) in [7, 11) is 0. The zero-order chi connectivity index (χ0) is 43.7. The summed E-state index contributed by atoms with van der Waals surface area (Å²) >= 11 is 0. The molecule has 4 heteroatoms. The van der Waals surface area contributed by atoms with Crippen molar-refractivity contribution < 1.29 is 0 Å². The Labute approximate surface area is 384 Å². The summed E-state index contributed by atoms with van der Waals surface area (Å²) in [5.74, 6) is 0.502. The van der Waals surface area contributed by atoms with Crippen LogP contribution in [0.2, 0.25) is 0 Å². The number of hydrogen-bond donors (Lipinski definition) is 0. The van der Waals surface area contributed by atoms with Crippen molar-refractivity contribution in [2.75, 3.05) is 9.80 Å². The lowest BCUT2D eigenvalue weighted by atomic mass is 9.34. The van der Waals surface area contributed by atoms with Gasteiger partial charge in [-0.15, -0.1) is 0 Å². The average Bonchev–Trinajstić information content (AvgIpc) is 3.86. The highest BCUT2D eigenvalue weighted by atomic mass is 15.2. The quantitative estimate of drug-likeness (QED) is 0.159. The van der Waals surface area contributed by atoms with Gasteiger partial charge in [0, 0.05) is 34.1 Å². The van der Waals surface area contributed by atoms with Crippen molar-refractivity contribution in [1.82, 2.24) is 0 Å². The van der Waals surface area contributed by atoms with Gasteiger partial charge in [0.25, 0.3) is 0 Å². The molecule has 0 bridgehead atoms. The van der Waals surface area contributed by atoms with Crippen molar-refractivity contribution in [2.24, 2.45) is 0 Å². The first-order valence-corrected chi connectivity index (χ1v) is 23.3. The molecule has 0 aliphatic carbocycles. The van der Waals surface area contributed by atoms with Crippen LogP contribution in [0, 0.1) is 0 Å². The first-order chi connectivity index (χ1) is 31.7. The van der Waals surface area contributed by atoms with Gasteiger partial charge in [0.15, 0.2) is 0 Å². The Kier molecular flexibility index (Phi) is 8.29. The zero-order valence-corrected chi connectivity index (χ0v) is 37.6. The van der Waals surface area contributed by atoms with Gasteiger partial charge in [0.1, 0.15) is 0 Å². The maximum absolute atomic E-state index is 2.57. The molecule has 0 atom stereocenters. The first-order valence-electron chi connectivity index (χ1n) is 23.3. The van der Waals surface area contributed by atoms with E-state index in [1.54, 1.807) is 0 Å². The van der Waals surface area contributed by atoms with Crippen molar-refractivity contribution in [2.45, 2.75) is 46.0 Å². The van der Waals surface area contributed by atoms with E-state index < -0.39 is 0 Å². The molecule has 65 heavy (non-hydrogen) atoms. The second-order valence-electron chi connectivity index (χ2n) is 19.9. The minimum Gasteiger partial charge on any atom is -0.312 e. The minimum atomic E-state index is 0.0830. The lowest BCUT2D eigenvalue weighted by Crippen LogP contribution is -2.58. The number of rotatable bonds is 5. The molecule has 0 spiro atoms. The van der Waals surface area contributed by atoms with E-state index in [0.29, 0.717) is 5.92 Å². The highest BCUT2D eigenvalue weighted by Crippen LogP contribution is 2.46. The highest BCUT2D eigenvalue weighted by Gasteiger charge is 2.47. The van der Waals surface area contributed by atoms with E-state index in [1.807, 2.05) is 0 Å². The number of benzene rings is 9. The van der Waals surface area contributed by atoms with Gasteiger partial charge in [-0.05, 0) is 149 Å². The van der Waals surface area contributed by atoms with Gasteiger partial charge in [0.05, 0.1) is 0 Å². The molecule has 4 aliphatic rings. The number of fused-ring (bicyclic) bond motifs is 10. The van der Waals surface area contributed by atoms with E-state index in [2.05, 4.69) is 239 Å². The molecule has 9 aromatic rings. The highest BCUT2D eigenvalue weighted by molar-refractivity contribution is 7.03. The maximum Gasteiger partial charge on any atom is 0.248 e. The largest absolute Gasteiger partial charge is 0.312 e. The van der Waals surface area contributed by atoms with E-state index in [0.717, 1.165) is 0 Å². The van der Waals surface area contributed by atoms with E-state index in [4.69, 9.17) is 0 Å². The third kappa shape index (κ3) is 5.69. The molecule has 308 valence electrons. The molecule has 4 aliphatic heterocycles. The van der Waals surface area contributed by atoms with Crippen LogP contribution in [0.25, 0.3) is 44.5 Å². The fourth-order valence-corrected chi connectivity index (χ4v) is 11.6. The van der Waals surface area contributed by atoms with Crippen molar-refractivity contribution in [3.63, 3.8) is 0 Å². The van der Waals surface area contributed by atoms with Gasteiger partial charge in [-0.3, -0.25) is 0 Å². The average molecular weight is 831 g/mol. The summed E-state index contributed by atoms with van der Waals surface area (Å²) in [4.78, 5) is 5.11. The van der Waals surface area contributed by atoms with Crippen molar-refractivity contribution in [1.29, 1.82) is 0 Å². The molecule has 0 fully saturated rings. The second-order valence-corrected chi connectivity index (χ2v) is 19.9. The molecule has 13 rings (SSSR count). The molecule has 0 amide bonds. The number of hydrogen-bond acceptors (Lipinski definition) is 2. The summed E-state index contributed by atoms with van der Waals surface area (Å²) in [6.07, 6.45) is 0. The van der Waals surface area contributed by atoms with Crippen molar-refractivity contribution in [3.8, 4) is 44.5 Å². The van der Waals surface area contributed by atoms with Crippen LogP contribution in [0.5, 0.6) is 0 Å². The predicted octanol–water partition coefficient (Wildman–Crippen LogP) is 12.0. The minimum absolute atomic E-state index is 0.0830. The fourth-order valence-electron chi connectivity index (χ4n) is 11.6. The van der Waals surface area contributed by atoms with Gasteiger partial charge < -0.3 is 9.80 Å². The summed E-state index contributed by atoms with van der Waals surface area (Å²) in [5.41, 5.74) is 28.8. The maximum atomic E-state index is 2.57. The van der Waals surface area contributed by atoms with Crippen LogP contribution in [0.4, 0.5) is 34.1 Å². The van der Waals surface area contributed by atoms with Crippen LogP contribution in [-0.2, 0) is 5.41 Å². The number of nitrogens with zero attached hydrogens (tertiary/aromatic N) is 2. The molecular weight excluding hydrogens is 782 g/mol. The van der Waals surface area contributed by atoms with Gasteiger partial charge in [0.2, 0.25) is 13.4 Å². The molecule has 0 radical (unpaired) electrons. The van der Waals surface area contributed by atoms with Crippen LogP contribution in [0.15, 0.2) is 194 Å².